The number of ether oxygens (including phenoxy) is 1. The number of aromatic nitrogens is 3. The standard InChI is InChI=1S/C12H13N3O2/c1-8-4-9(12(16)17-3)5-11(14-8)10-6-13-15(2)7-10/h4-7H,1-3H3. The van der Waals surface area contributed by atoms with E-state index in [0.29, 0.717) is 5.56 Å². The number of aryl methyl sites for hydroxylation is 2. The molecule has 2 heterocycles. The lowest BCUT2D eigenvalue weighted by Gasteiger charge is -2.03. The van der Waals surface area contributed by atoms with Crippen molar-refractivity contribution in [3.63, 3.8) is 0 Å². The smallest absolute Gasteiger partial charge is 0.337 e. The first-order chi connectivity index (χ1) is 8.10. The van der Waals surface area contributed by atoms with E-state index in [1.807, 2.05) is 20.2 Å². The van der Waals surface area contributed by atoms with Crippen LogP contribution < -0.4 is 0 Å². The molecule has 2 aromatic heterocycles. The highest BCUT2D eigenvalue weighted by atomic mass is 16.5. The molecule has 0 aromatic carbocycles. The van der Waals surface area contributed by atoms with Gasteiger partial charge in [0.15, 0.2) is 0 Å². The first-order valence-corrected chi connectivity index (χ1v) is 5.16. The van der Waals surface area contributed by atoms with Crippen molar-refractivity contribution in [3.05, 3.63) is 35.8 Å². The second kappa shape index (κ2) is 4.37. The normalized spacial score (nSPS) is 10.3. The van der Waals surface area contributed by atoms with E-state index in [1.165, 1.54) is 7.11 Å². The summed E-state index contributed by atoms with van der Waals surface area (Å²) < 4.78 is 6.39. The lowest BCUT2D eigenvalue weighted by molar-refractivity contribution is 0.0600. The van der Waals surface area contributed by atoms with Gasteiger partial charge >= 0.3 is 5.97 Å². The average molecular weight is 231 g/mol. The second-order valence-corrected chi connectivity index (χ2v) is 3.78. The Labute approximate surface area is 99.1 Å². The molecule has 0 aliphatic heterocycles. The average Bonchev–Trinajstić information content (AvgIpc) is 2.74. The van der Waals surface area contributed by atoms with Gasteiger partial charge in [-0.15, -0.1) is 0 Å². The van der Waals surface area contributed by atoms with Gasteiger partial charge in [0.1, 0.15) is 0 Å². The summed E-state index contributed by atoms with van der Waals surface area (Å²) >= 11 is 0. The maximum Gasteiger partial charge on any atom is 0.337 e. The molecule has 5 heteroatoms. The second-order valence-electron chi connectivity index (χ2n) is 3.78. The van der Waals surface area contributed by atoms with Crippen molar-refractivity contribution in [1.29, 1.82) is 0 Å². The lowest BCUT2D eigenvalue weighted by atomic mass is 10.1. The molecule has 0 N–H and O–H groups in total. The third-order valence-corrected chi connectivity index (χ3v) is 2.38. The Morgan fingerprint density at radius 2 is 2.18 bits per heavy atom. The molecule has 0 aliphatic carbocycles. The van der Waals surface area contributed by atoms with Crippen LogP contribution in [0, 0.1) is 6.92 Å². The number of rotatable bonds is 2. The minimum absolute atomic E-state index is 0.361. The van der Waals surface area contributed by atoms with Crippen LogP contribution in [0.1, 0.15) is 16.1 Å². The molecule has 88 valence electrons. The summed E-state index contributed by atoms with van der Waals surface area (Å²) in [6, 6.07) is 3.40. The van der Waals surface area contributed by atoms with E-state index in [1.54, 1.807) is 23.0 Å². The van der Waals surface area contributed by atoms with Gasteiger partial charge in [-0.3, -0.25) is 9.67 Å². The van der Waals surface area contributed by atoms with Gasteiger partial charge in [0.25, 0.3) is 0 Å². The zero-order chi connectivity index (χ0) is 12.4. The summed E-state index contributed by atoms with van der Waals surface area (Å²) in [6.07, 6.45) is 3.56. The SMILES string of the molecule is COC(=O)c1cc(C)nc(-c2cnn(C)c2)c1. The van der Waals surface area contributed by atoms with Crippen LogP contribution in [0.3, 0.4) is 0 Å². The Kier molecular flexibility index (Phi) is 2.91. The zero-order valence-corrected chi connectivity index (χ0v) is 9.97. The van der Waals surface area contributed by atoms with Crippen molar-refractivity contribution in [2.75, 3.05) is 7.11 Å². The molecule has 2 aromatic rings. The molecule has 0 unspecified atom stereocenters. The maximum atomic E-state index is 11.5. The van der Waals surface area contributed by atoms with E-state index < -0.39 is 0 Å². The van der Waals surface area contributed by atoms with E-state index in [2.05, 4.69) is 10.1 Å². The fourth-order valence-electron chi connectivity index (χ4n) is 1.61. The highest BCUT2D eigenvalue weighted by Crippen LogP contribution is 2.18. The molecule has 0 bridgehead atoms. The fraction of sp³-hybridized carbons (Fsp3) is 0.250. The first kappa shape index (κ1) is 11.3. The number of carbonyl (C=O) groups excluding carboxylic acids is 1. The number of hydrogen-bond acceptors (Lipinski definition) is 4. The summed E-state index contributed by atoms with van der Waals surface area (Å²) in [6.45, 7) is 1.84. The van der Waals surface area contributed by atoms with Crippen LogP contribution in [-0.2, 0) is 11.8 Å². The molecule has 2 rings (SSSR count). The van der Waals surface area contributed by atoms with Crippen LogP contribution in [0.15, 0.2) is 24.5 Å². The Hall–Kier alpha value is -2.17. The number of esters is 1. The third kappa shape index (κ3) is 2.33. The molecule has 0 fully saturated rings. The van der Waals surface area contributed by atoms with E-state index >= 15 is 0 Å². The molecule has 0 saturated carbocycles. The maximum absolute atomic E-state index is 11.5. The highest BCUT2D eigenvalue weighted by Gasteiger charge is 2.10. The van der Waals surface area contributed by atoms with Gasteiger partial charge in [0, 0.05) is 24.5 Å². The van der Waals surface area contributed by atoms with Gasteiger partial charge in [-0.1, -0.05) is 0 Å². The molecule has 0 saturated heterocycles. The number of pyridine rings is 1. The van der Waals surface area contributed by atoms with Gasteiger partial charge in [-0.05, 0) is 19.1 Å². The van der Waals surface area contributed by atoms with Crippen molar-refractivity contribution in [2.45, 2.75) is 6.92 Å². The summed E-state index contributed by atoms with van der Waals surface area (Å²) in [5, 5.41) is 4.08. The largest absolute Gasteiger partial charge is 0.465 e. The monoisotopic (exact) mass is 231 g/mol. The molecule has 0 radical (unpaired) electrons. The van der Waals surface area contributed by atoms with Crippen LogP contribution in [0.25, 0.3) is 11.3 Å². The molecular weight excluding hydrogens is 218 g/mol. The van der Waals surface area contributed by atoms with Crippen molar-refractivity contribution < 1.29 is 9.53 Å². The Balaban J connectivity index is 2.48. The number of methoxy groups -OCH3 is 1. The molecule has 0 spiro atoms. The van der Waals surface area contributed by atoms with Gasteiger partial charge in [0.05, 0.1) is 24.6 Å². The molecular formula is C12H13N3O2. The molecule has 0 atom stereocenters. The van der Waals surface area contributed by atoms with Crippen LogP contribution >= 0.6 is 0 Å². The Morgan fingerprint density at radius 1 is 1.41 bits per heavy atom. The van der Waals surface area contributed by atoms with Gasteiger partial charge in [-0.25, -0.2) is 4.79 Å². The molecule has 17 heavy (non-hydrogen) atoms. The topological polar surface area (TPSA) is 57.0 Å². The van der Waals surface area contributed by atoms with Crippen molar-refractivity contribution in [2.24, 2.45) is 7.05 Å². The summed E-state index contributed by atoms with van der Waals surface area (Å²) in [5.41, 5.74) is 2.87. The number of hydrogen-bond donors (Lipinski definition) is 0. The van der Waals surface area contributed by atoms with Crippen LogP contribution in [0.5, 0.6) is 0 Å². The summed E-state index contributed by atoms with van der Waals surface area (Å²) in [4.78, 5) is 15.9. The Bertz CT molecular complexity index is 561. The Morgan fingerprint density at radius 3 is 2.76 bits per heavy atom. The van der Waals surface area contributed by atoms with Crippen LogP contribution in [0.4, 0.5) is 0 Å². The van der Waals surface area contributed by atoms with Gasteiger partial charge in [0.2, 0.25) is 0 Å². The van der Waals surface area contributed by atoms with E-state index in [9.17, 15) is 4.79 Å². The van der Waals surface area contributed by atoms with E-state index in [4.69, 9.17) is 4.74 Å². The van der Waals surface area contributed by atoms with Gasteiger partial charge < -0.3 is 4.74 Å². The molecule has 0 amide bonds. The zero-order valence-electron chi connectivity index (χ0n) is 9.97. The summed E-state index contributed by atoms with van der Waals surface area (Å²) in [5.74, 6) is -0.361. The van der Waals surface area contributed by atoms with E-state index in [0.717, 1.165) is 17.0 Å². The van der Waals surface area contributed by atoms with Crippen molar-refractivity contribution >= 4 is 5.97 Å². The predicted molar refractivity (Wildman–Crippen MR) is 62.5 cm³/mol. The predicted octanol–water partition coefficient (Wildman–Crippen LogP) is 1.58. The fourth-order valence-corrected chi connectivity index (χ4v) is 1.61. The van der Waals surface area contributed by atoms with Crippen LogP contribution in [0.2, 0.25) is 0 Å². The van der Waals surface area contributed by atoms with Crippen LogP contribution in [-0.4, -0.2) is 27.8 Å². The van der Waals surface area contributed by atoms with Crippen molar-refractivity contribution in [1.82, 2.24) is 14.8 Å². The number of carbonyl (C=O) groups is 1. The van der Waals surface area contributed by atoms with Gasteiger partial charge in [-0.2, -0.15) is 5.10 Å². The quantitative estimate of drug-likeness (QED) is 0.736. The number of nitrogens with zero attached hydrogens (tertiary/aromatic N) is 3. The van der Waals surface area contributed by atoms with E-state index in [-0.39, 0.29) is 5.97 Å². The highest BCUT2D eigenvalue weighted by molar-refractivity contribution is 5.90. The molecule has 0 aliphatic rings. The molecule has 5 nitrogen and oxygen atoms in total. The minimum Gasteiger partial charge on any atom is -0.465 e. The first-order valence-electron chi connectivity index (χ1n) is 5.16. The summed E-state index contributed by atoms with van der Waals surface area (Å²) in [7, 11) is 3.20. The third-order valence-electron chi connectivity index (χ3n) is 2.38. The minimum atomic E-state index is -0.361. The van der Waals surface area contributed by atoms with Crippen molar-refractivity contribution in [3.8, 4) is 11.3 Å². The lowest BCUT2D eigenvalue weighted by Crippen LogP contribution is -2.03.